The number of halogens is 1. The van der Waals surface area contributed by atoms with E-state index < -0.39 is 84.3 Å². The topological polar surface area (TPSA) is 190 Å². The molecule has 4 aromatic rings. The Kier molecular flexibility index (Phi) is 23.3. The minimum Gasteiger partial charge on any atom is -0.507 e. The number of pyridine rings is 1. The lowest BCUT2D eigenvalue weighted by Gasteiger charge is -2.44. The van der Waals surface area contributed by atoms with Crippen LogP contribution >= 0.6 is 11.6 Å². The van der Waals surface area contributed by atoms with Crippen molar-refractivity contribution in [2.24, 2.45) is 0 Å². The first kappa shape index (κ1) is 70.8. The molecule has 21 heteroatoms. The molecule has 486 valence electrons. The van der Waals surface area contributed by atoms with Crippen LogP contribution < -0.4 is 29.0 Å². The van der Waals surface area contributed by atoms with Gasteiger partial charge < -0.3 is 66.6 Å². The van der Waals surface area contributed by atoms with Crippen LogP contribution in [0, 0.1) is 23.3 Å². The SMILES string of the molecule is CC[Si](C#CC[C@@]1(O[Si](CC)(CC)CC)C#CC2=C[C@H](Oc3ccc(nc3Cl)[C@H](NC(=O)c3cc4c(OC)c(OC)c(OC(C)C)cc4cc3O)CC(=O)OC[C@H]1OCOCc1ccc(OC)cc1)[C@@H](O[Si](C)(C)C(C)(C)C)[C@]21COC(C)(C)O1)(CC)CC. The molecule has 1 aromatic heterocycles. The van der Waals surface area contributed by atoms with Crippen molar-refractivity contribution in [1.82, 2.24) is 10.3 Å². The van der Waals surface area contributed by atoms with Gasteiger partial charge in [-0.15, -0.1) is 11.5 Å². The summed E-state index contributed by atoms with van der Waals surface area (Å²) in [5, 5.41) is 15.3. The van der Waals surface area contributed by atoms with Gasteiger partial charge in [0.25, 0.3) is 5.91 Å². The predicted molar refractivity (Wildman–Crippen MR) is 354 cm³/mol. The Labute approximate surface area is 536 Å². The summed E-state index contributed by atoms with van der Waals surface area (Å²) < 4.78 is 78.9. The van der Waals surface area contributed by atoms with Crippen molar-refractivity contribution in [3.05, 3.63) is 88.2 Å². The number of amides is 1. The minimum absolute atomic E-state index is 0.0617. The molecule has 1 aliphatic carbocycles. The summed E-state index contributed by atoms with van der Waals surface area (Å²) >= 11 is 7.21. The Morgan fingerprint density at radius 1 is 0.921 bits per heavy atom. The van der Waals surface area contributed by atoms with Gasteiger partial charge >= 0.3 is 5.97 Å². The maximum atomic E-state index is 15.0. The minimum atomic E-state index is -2.75. The van der Waals surface area contributed by atoms with Crippen LogP contribution in [0.2, 0.25) is 59.5 Å². The molecule has 1 spiro atoms. The standard InChI is InChI=1S/C68H95ClN2O15Si3/c1-19-88(20-2,21-3)35-25-33-67(86-89(22-4,23-5)24-6)34-32-48-38-57(62(84-87(17,18)65(9,10)11)68(48)43-81-66(12,13)85-68)83-55-31-30-52(70-63(55)69)53(40-59(73)79-42-58(67)80-44-78-41-46-26-28-49(75-14)29-27-46)71-64(74)51-39-50-47(36-54(51)72)37-56(82-45(7)8)61(77-16)60(50)76-15/h26-31,36-39,45,53,57-58,62,72H,19-24,33,40-44H2,1-18H3,(H,71,74)/t53-,57+,58-,62-,67-,68+/m1/s1. The van der Waals surface area contributed by atoms with Gasteiger partial charge in [-0.3, -0.25) is 9.59 Å². The van der Waals surface area contributed by atoms with Crippen LogP contribution in [0.4, 0.5) is 0 Å². The third-order valence-electron chi connectivity index (χ3n) is 18.3. The van der Waals surface area contributed by atoms with Gasteiger partial charge in [-0.2, -0.15) is 0 Å². The van der Waals surface area contributed by atoms with Crippen molar-refractivity contribution in [2.75, 3.05) is 41.3 Å². The largest absolute Gasteiger partial charge is 0.507 e. The molecule has 4 aliphatic rings. The van der Waals surface area contributed by atoms with Crippen LogP contribution in [0.5, 0.6) is 34.5 Å². The van der Waals surface area contributed by atoms with Crippen molar-refractivity contribution < 1.29 is 70.9 Å². The van der Waals surface area contributed by atoms with Crippen molar-refractivity contribution in [3.8, 4) is 57.8 Å². The predicted octanol–water partition coefficient (Wildman–Crippen LogP) is 14.2. The first-order valence-corrected chi connectivity index (χ1v) is 39.7. The molecular weight excluding hydrogens is 1200 g/mol. The smallest absolute Gasteiger partial charge is 0.308 e. The molecule has 8 rings (SSSR count). The molecule has 1 saturated heterocycles. The number of carbonyl (C=O) groups excluding carboxylic acids is 2. The van der Waals surface area contributed by atoms with Crippen molar-refractivity contribution in [2.45, 2.75) is 211 Å². The number of benzene rings is 3. The fourth-order valence-electron chi connectivity index (χ4n) is 11.4. The number of phenols is 1. The van der Waals surface area contributed by atoms with Crippen LogP contribution in [-0.4, -0.2) is 129 Å². The number of nitrogens with one attached hydrogen (secondary N) is 1. The molecule has 4 heterocycles. The molecule has 0 radical (unpaired) electrons. The lowest BCUT2D eigenvalue weighted by Crippen LogP contribution is -2.57. The third kappa shape index (κ3) is 16.0. The van der Waals surface area contributed by atoms with Crippen molar-refractivity contribution >= 4 is 59.0 Å². The normalized spacial score (nSPS) is 22.1. The number of nitrogens with zero attached hydrogens (tertiary/aromatic N) is 1. The molecule has 0 unspecified atom stereocenters. The molecule has 2 N–H and O–H groups in total. The second kappa shape index (κ2) is 29.3. The number of aromatic hydroxyl groups is 1. The van der Waals surface area contributed by atoms with E-state index in [0.717, 1.165) is 41.8 Å². The van der Waals surface area contributed by atoms with E-state index in [-0.39, 0.29) is 77.8 Å². The summed E-state index contributed by atoms with van der Waals surface area (Å²) in [4.78, 5) is 34.6. The zero-order chi connectivity index (χ0) is 65.3. The Balaban J connectivity index is 1.46. The maximum absolute atomic E-state index is 15.0. The van der Waals surface area contributed by atoms with E-state index in [4.69, 9.17) is 72.8 Å². The number of fused-ring (bicyclic) bond motifs is 10. The molecule has 6 atom stereocenters. The first-order chi connectivity index (χ1) is 42.1. The van der Waals surface area contributed by atoms with Crippen LogP contribution in [0.1, 0.15) is 131 Å². The highest BCUT2D eigenvalue weighted by atomic mass is 35.5. The highest BCUT2D eigenvalue weighted by Gasteiger charge is 2.62. The molecule has 89 heavy (non-hydrogen) atoms. The summed E-state index contributed by atoms with van der Waals surface area (Å²) in [5.41, 5.74) is 2.38. The van der Waals surface area contributed by atoms with E-state index in [9.17, 15) is 14.7 Å². The van der Waals surface area contributed by atoms with E-state index >= 15 is 0 Å². The van der Waals surface area contributed by atoms with E-state index in [0.29, 0.717) is 33.6 Å². The third-order valence-corrected chi connectivity index (χ3v) is 32.4. The fourth-order valence-corrected chi connectivity index (χ4v) is 18.3. The average molecular weight is 1300 g/mol. The Morgan fingerprint density at radius 2 is 1.60 bits per heavy atom. The Morgan fingerprint density at radius 3 is 2.17 bits per heavy atom. The molecule has 17 nitrogen and oxygen atoms in total. The Bertz CT molecular complexity index is 3290. The molecule has 4 bridgehead atoms. The van der Waals surface area contributed by atoms with E-state index in [1.54, 1.807) is 25.3 Å². The number of methoxy groups -OCH3 is 3. The van der Waals surface area contributed by atoms with E-state index in [1.165, 1.54) is 26.4 Å². The summed E-state index contributed by atoms with van der Waals surface area (Å²) in [6.45, 7) is 31.1. The van der Waals surface area contributed by atoms with Gasteiger partial charge in [-0.1, -0.05) is 97.9 Å². The number of esters is 1. The average Bonchev–Trinajstić information content (AvgIpc) is 1.61. The number of carbonyl (C=O) groups is 2. The molecular formula is C68H95ClN2O15Si3. The molecule has 3 aliphatic heterocycles. The number of hydrogen-bond donors (Lipinski definition) is 2. The van der Waals surface area contributed by atoms with E-state index in [1.807, 2.05) is 58.0 Å². The van der Waals surface area contributed by atoms with Crippen LogP contribution in [0.25, 0.3) is 10.8 Å². The highest BCUT2D eigenvalue weighted by Crippen LogP contribution is 2.51. The van der Waals surface area contributed by atoms with Crippen LogP contribution in [0.3, 0.4) is 0 Å². The van der Waals surface area contributed by atoms with Crippen molar-refractivity contribution in [3.63, 3.8) is 0 Å². The zero-order valence-electron chi connectivity index (χ0n) is 55.6. The zero-order valence-corrected chi connectivity index (χ0v) is 59.4. The lowest BCUT2D eigenvalue weighted by atomic mass is 9.90. The summed E-state index contributed by atoms with van der Waals surface area (Å²) in [7, 11) is -2.96. The molecule has 1 amide bonds. The maximum Gasteiger partial charge on any atom is 0.308 e. The van der Waals surface area contributed by atoms with Gasteiger partial charge in [0.15, 0.2) is 56.0 Å². The van der Waals surface area contributed by atoms with Crippen molar-refractivity contribution in [1.29, 1.82) is 0 Å². The highest BCUT2D eigenvalue weighted by molar-refractivity contribution is 6.87. The number of phenolic OH excluding ortho intramolecular Hbond substituents is 1. The second-order valence-electron chi connectivity index (χ2n) is 25.6. The number of rotatable bonds is 23. The number of ether oxygens (including phenoxy) is 10. The Hall–Kier alpha value is -5.63. The number of aromatic nitrogens is 1. The lowest BCUT2D eigenvalue weighted by molar-refractivity contribution is -0.173. The molecule has 0 saturated carbocycles. The van der Waals surface area contributed by atoms with Gasteiger partial charge in [-0.05, 0) is 142 Å². The summed E-state index contributed by atoms with van der Waals surface area (Å²) in [5.74, 6) is 10.00. The summed E-state index contributed by atoms with van der Waals surface area (Å²) in [6, 6.07) is 19.3. The summed E-state index contributed by atoms with van der Waals surface area (Å²) in [6.07, 6.45) is -1.50. The fraction of sp³-hybridized carbons (Fsp3) is 0.574. The quantitative estimate of drug-likeness (QED) is 0.0178. The van der Waals surface area contributed by atoms with E-state index in [2.05, 4.69) is 104 Å². The monoisotopic (exact) mass is 1300 g/mol. The number of hydrogen-bond acceptors (Lipinski definition) is 16. The van der Waals surface area contributed by atoms with Gasteiger partial charge in [0.05, 0.1) is 70.8 Å². The van der Waals surface area contributed by atoms with Gasteiger partial charge in [0.1, 0.15) is 51.3 Å². The second-order valence-corrected chi connectivity index (χ2v) is 40.3. The molecule has 3 aromatic carbocycles. The van der Waals surface area contributed by atoms with Gasteiger partial charge in [0.2, 0.25) is 5.75 Å². The van der Waals surface area contributed by atoms with Gasteiger partial charge in [-0.25, -0.2) is 4.98 Å². The van der Waals surface area contributed by atoms with Gasteiger partial charge in [0, 0.05) is 11.0 Å². The van der Waals surface area contributed by atoms with Crippen LogP contribution in [0.15, 0.2) is 66.2 Å². The first-order valence-electron chi connectivity index (χ1n) is 31.3. The molecule has 1 fully saturated rings. The van der Waals surface area contributed by atoms with Crippen LogP contribution in [-0.2, 0) is 43.9 Å².